The fourth-order valence-electron chi connectivity index (χ4n) is 6.70. The van der Waals surface area contributed by atoms with E-state index in [9.17, 15) is 4.79 Å². The molecule has 0 spiro atoms. The molecule has 5 rings (SSSR count). The van der Waals surface area contributed by atoms with Crippen LogP contribution in [0.1, 0.15) is 73.6 Å². The minimum atomic E-state index is -0.00392. The van der Waals surface area contributed by atoms with Crippen molar-refractivity contribution in [1.29, 1.82) is 0 Å². The highest BCUT2D eigenvalue weighted by molar-refractivity contribution is 5.87. The van der Waals surface area contributed by atoms with Crippen LogP contribution in [0, 0.1) is 17.3 Å². The Kier molecular flexibility index (Phi) is 4.65. The Labute approximate surface area is 169 Å². The average molecular weight is 373 g/mol. The molecule has 3 aliphatic carbocycles. The molecule has 0 radical (unpaired) electrons. The Morgan fingerprint density at radius 2 is 1.75 bits per heavy atom. The van der Waals surface area contributed by atoms with E-state index in [1.807, 2.05) is 0 Å². The van der Waals surface area contributed by atoms with Gasteiger partial charge >= 0.3 is 0 Å². The predicted octanol–water partition coefficient (Wildman–Crippen LogP) is 6.29. The second-order valence-electron chi connectivity index (χ2n) is 9.71. The van der Waals surface area contributed by atoms with Gasteiger partial charge in [-0.25, -0.2) is 0 Å². The molecule has 1 heteroatoms. The molecule has 1 nitrogen and oxygen atoms in total. The number of benzene rings is 2. The van der Waals surface area contributed by atoms with Crippen LogP contribution in [-0.4, -0.2) is 5.78 Å². The molecule has 2 saturated carbocycles. The normalized spacial score (nSPS) is 31.2. The molecular weight excluding hydrogens is 340 g/mol. The highest BCUT2D eigenvalue weighted by Gasteiger charge is 2.54. The summed E-state index contributed by atoms with van der Waals surface area (Å²) in [6.07, 6.45) is 10.4. The first-order valence-electron chi connectivity index (χ1n) is 11.3. The molecule has 0 aromatic heterocycles. The minimum Gasteiger partial charge on any atom is -0.299 e. The lowest BCUT2D eigenvalue weighted by Gasteiger charge is -2.48. The topological polar surface area (TPSA) is 17.1 Å². The summed E-state index contributed by atoms with van der Waals surface area (Å²) in [5, 5.41) is 0. The molecule has 0 amide bonds. The third-order valence-corrected chi connectivity index (χ3v) is 8.27. The predicted molar refractivity (Wildman–Crippen MR) is 115 cm³/mol. The van der Waals surface area contributed by atoms with Gasteiger partial charge in [-0.15, -0.1) is 0 Å². The summed E-state index contributed by atoms with van der Waals surface area (Å²) < 4.78 is 0. The first kappa shape index (κ1) is 18.2. The SMILES string of the molecule is C[C@]12CC[C@@H]3c4ccc(CCCc5ccccc5)cc4CC[C@H]3[C@@H]1CCC2=O. The van der Waals surface area contributed by atoms with Gasteiger partial charge in [0.2, 0.25) is 0 Å². The van der Waals surface area contributed by atoms with Gasteiger partial charge in [0.05, 0.1) is 0 Å². The molecule has 2 aromatic rings. The summed E-state index contributed by atoms with van der Waals surface area (Å²) in [5.41, 5.74) is 6.16. The molecule has 0 N–H and O–H groups in total. The molecule has 4 atom stereocenters. The summed E-state index contributed by atoms with van der Waals surface area (Å²) in [4.78, 5) is 12.5. The van der Waals surface area contributed by atoms with E-state index in [0.29, 0.717) is 17.6 Å². The quantitative estimate of drug-likeness (QED) is 0.616. The van der Waals surface area contributed by atoms with E-state index in [1.165, 1.54) is 43.2 Å². The van der Waals surface area contributed by atoms with Crippen molar-refractivity contribution in [3.05, 3.63) is 70.8 Å². The van der Waals surface area contributed by atoms with E-state index < -0.39 is 0 Å². The second kappa shape index (κ2) is 7.17. The van der Waals surface area contributed by atoms with Crippen LogP contribution in [0.2, 0.25) is 0 Å². The molecular formula is C27H32O. The number of carbonyl (C=O) groups excluding carboxylic acids is 1. The van der Waals surface area contributed by atoms with Crippen LogP contribution in [0.5, 0.6) is 0 Å². The maximum Gasteiger partial charge on any atom is 0.139 e. The van der Waals surface area contributed by atoms with E-state index in [-0.39, 0.29) is 5.41 Å². The zero-order valence-electron chi connectivity index (χ0n) is 17.1. The molecule has 3 aliphatic rings. The average Bonchev–Trinajstić information content (AvgIpc) is 3.03. The highest BCUT2D eigenvalue weighted by Crippen LogP contribution is 2.59. The third-order valence-electron chi connectivity index (χ3n) is 8.27. The van der Waals surface area contributed by atoms with Crippen LogP contribution >= 0.6 is 0 Å². The van der Waals surface area contributed by atoms with E-state index in [1.54, 1.807) is 11.1 Å². The number of hydrogen-bond donors (Lipinski definition) is 0. The van der Waals surface area contributed by atoms with Crippen molar-refractivity contribution < 1.29 is 4.79 Å². The van der Waals surface area contributed by atoms with Gasteiger partial charge in [0, 0.05) is 11.8 Å². The maximum atomic E-state index is 12.5. The lowest BCUT2D eigenvalue weighted by atomic mass is 9.55. The molecule has 146 valence electrons. The summed E-state index contributed by atoms with van der Waals surface area (Å²) in [6.45, 7) is 2.27. The van der Waals surface area contributed by atoms with E-state index in [0.717, 1.165) is 31.6 Å². The van der Waals surface area contributed by atoms with Crippen LogP contribution in [0.4, 0.5) is 0 Å². The monoisotopic (exact) mass is 372 g/mol. The molecule has 2 fully saturated rings. The molecule has 0 saturated heterocycles. The molecule has 2 aromatic carbocycles. The number of Topliss-reactive ketones (excluding diaryl/α,β-unsaturated/α-hetero) is 1. The lowest BCUT2D eigenvalue weighted by Crippen LogP contribution is -2.42. The van der Waals surface area contributed by atoms with Crippen molar-refractivity contribution in [2.75, 3.05) is 0 Å². The third kappa shape index (κ3) is 3.04. The summed E-state index contributed by atoms with van der Waals surface area (Å²) in [6, 6.07) is 18.2. The van der Waals surface area contributed by atoms with Crippen molar-refractivity contribution >= 4 is 5.78 Å². The van der Waals surface area contributed by atoms with Gasteiger partial charge in [0.1, 0.15) is 5.78 Å². The smallest absolute Gasteiger partial charge is 0.139 e. The van der Waals surface area contributed by atoms with Crippen LogP contribution in [-0.2, 0) is 24.1 Å². The highest BCUT2D eigenvalue weighted by atomic mass is 16.1. The zero-order chi connectivity index (χ0) is 19.1. The number of fused-ring (bicyclic) bond motifs is 5. The Hall–Kier alpha value is -1.89. The molecule has 0 bridgehead atoms. The molecule has 28 heavy (non-hydrogen) atoms. The van der Waals surface area contributed by atoms with Crippen molar-refractivity contribution in [2.24, 2.45) is 17.3 Å². The van der Waals surface area contributed by atoms with E-state index in [2.05, 4.69) is 55.5 Å². The number of rotatable bonds is 4. The van der Waals surface area contributed by atoms with Crippen LogP contribution in [0.25, 0.3) is 0 Å². The number of carbonyl (C=O) groups is 1. The van der Waals surface area contributed by atoms with Gasteiger partial charge in [0.15, 0.2) is 0 Å². The minimum absolute atomic E-state index is 0.00392. The Morgan fingerprint density at radius 1 is 0.929 bits per heavy atom. The number of ketones is 1. The Balaban J connectivity index is 1.29. The second-order valence-corrected chi connectivity index (χ2v) is 9.71. The van der Waals surface area contributed by atoms with Gasteiger partial charge in [0.25, 0.3) is 0 Å². The van der Waals surface area contributed by atoms with Crippen LogP contribution in [0.3, 0.4) is 0 Å². The molecule has 0 aliphatic heterocycles. The van der Waals surface area contributed by atoms with Crippen molar-refractivity contribution in [3.8, 4) is 0 Å². The summed E-state index contributed by atoms with van der Waals surface area (Å²) in [5.74, 6) is 2.63. The van der Waals surface area contributed by atoms with Gasteiger partial charge in [-0.05, 0) is 91.4 Å². The maximum absolute atomic E-state index is 12.5. The summed E-state index contributed by atoms with van der Waals surface area (Å²) >= 11 is 0. The summed E-state index contributed by atoms with van der Waals surface area (Å²) in [7, 11) is 0. The fourth-order valence-corrected chi connectivity index (χ4v) is 6.70. The van der Waals surface area contributed by atoms with Crippen molar-refractivity contribution in [2.45, 2.75) is 70.6 Å². The van der Waals surface area contributed by atoms with Gasteiger partial charge in [-0.2, -0.15) is 0 Å². The van der Waals surface area contributed by atoms with Crippen molar-refractivity contribution in [3.63, 3.8) is 0 Å². The molecule has 0 heterocycles. The van der Waals surface area contributed by atoms with Crippen LogP contribution < -0.4 is 0 Å². The Bertz CT molecular complexity index is 867. The first-order valence-corrected chi connectivity index (χ1v) is 11.3. The van der Waals surface area contributed by atoms with Crippen molar-refractivity contribution in [1.82, 2.24) is 0 Å². The van der Waals surface area contributed by atoms with Gasteiger partial charge < -0.3 is 0 Å². The number of hydrogen-bond acceptors (Lipinski definition) is 1. The standard InChI is InChI=1S/C27H32O/c1-27-17-16-23-22-12-10-20(9-5-8-19-6-3-2-4-7-19)18-21(22)11-13-24(23)25(27)14-15-26(27)28/h2-4,6-7,10,12,18,23-25H,5,8-9,11,13-17H2,1H3/t23-,24-,25+,27+/m1/s1. The first-order chi connectivity index (χ1) is 13.6. The van der Waals surface area contributed by atoms with E-state index in [4.69, 9.17) is 0 Å². The van der Waals surface area contributed by atoms with Gasteiger partial charge in [-0.1, -0.05) is 55.5 Å². The zero-order valence-corrected chi connectivity index (χ0v) is 17.1. The Morgan fingerprint density at radius 3 is 2.61 bits per heavy atom. The fraction of sp³-hybridized carbons (Fsp3) is 0.519. The number of aryl methyl sites for hydroxylation is 3. The van der Waals surface area contributed by atoms with Gasteiger partial charge in [-0.3, -0.25) is 4.79 Å². The molecule has 0 unspecified atom stereocenters. The van der Waals surface area contributed by atoms with E-state index >= 15 is 0 Å². The van der Waals surface area contributed by atoms with Crippen LogP contribution in [0.15, 0.2) is 48.5 Å². The lowest BCUT2D eigenvalue weighted by molar-refractivity contribution is -0.129. The largest absolute Gasteiger partial charge is 0.299 e.